The minimum absolute atomic E-state index is 0.132. The zero-order valence-corrected chi connectivity index (χ0v) is 8.90. The van der Waals surface area contributed by atoms with Gasteiger partial charge in [0.25, 0.3) is 0 Å². The van der Waals surface area contributed by atoms with Crippen LogP contribution in [0.1, 0.15) is 39.0 Å². The number of aliphatic hydroxyl groups is 1. The quantitative estimate of drug-likeness (QED) is 0.772. The fraction of sp³-hybridized carbons (Fsp3) is 1.00. The second-order valence-corrected chi connectivity index (χ2v) is 4.26. The maximum Gasteiger partial charge on any atom is 0.417 e. The molecule has 15 heavy (non-hydrogen) atoms. The van der Waals surface area contributed by atoms with E-state index in [2.05, 4.69) is 5.32 Å². The van der Waals surface area contributed by atoms with Gasteiger partial charge in [0.05, 0.1) is 0 Å². The van der Waals surface area contributed by atoms with Crippen LogP contribution in [-0.4, -0.2) is 29.5 Å². The Balaban J connectivity index is 2.41. The molecule has 5 heteroatoms. The summed E-state index contributed by atoms with van der Waals surface area (Å²) in [6.07, 6.45) is -3.08. The summed E-state index contributed by atoms with van der Waals surface area (Å²) in [5.74, 6) is 0. The molecule has 0 aromatic rings. The Morgan fingerprint density at radius 3 is 2.27 bits per heavy atom. The van der Waals surface area contributed by atoms with Gasteiger partial charge in [0, 0.05) is 6.04 Å². The van der Waals surface area contributed by atoms with E-state index in [-0.39, 0.29) is 18.9 Å². The predicted octanol–water partition coefficient (Wildman–Crippen LogP) is 2.22. The van der Waals surface area contributed by atoms with Gasteiger partial charge in [-0.3, -0.25) is 0 Å². The highest BCUT2D eigenvalue weighted by atomic mass is 19.4. The topological polar surface area (TPSA) is 32.3 Å². The second-order valence-electron chi connectivity index (χ2n) is 4.26. The number of hydrogen-bond acceptors (Lipinski definition) is 2. The van der Waals surface area contributed by atoms with Crippen molar-refractivity contribution in [3.8, 4) is 0 Å². The van der Waals surface area contributed by atoms with Crippen molar-refractivity contribution in [3.05, 3.63) is 0 Å². The Hall–Kier alpha value is -0.290. The van der Waals surface area contributed by atoms with Gasteiger partial charge < -0.3 is 10.4 Å². The number of hydrogen-bond donors (Lipinski definition) is 2. The lowest BCUT2D eigenvalue weighted by Gasteiger charge is -2.37. The van der Waals surface area contributed by atoms with E-state index >= 15 is 0 Å². The molecule has 0 radical (unpaired) electrons. The Bertz CT molecular complexity index is 197. The smallest absolute Gasteiger partial charge is 0.380 e. The van der Waals surface area contributed by atoms with Crippen LogP contribution in [0, 0.1) is 0 Å². The molecule has 0 atom stereocenters. The van der Waals surface area contributed by atoms with Crippen LogP contribution in [-0.2, 0) is 0 Å². The van der Waals surface area contributed by atoms with Gasteiger partial charge >= 0.3 is 6.18 Å². The third-order valence-corrected chi connectivity index (χ3v) is 3.02. The van der Waals surface area contributed by atoms with Gasteiger partial charge in [0.2, 0.25) is 0 Å². The van der Waals surface area contributed by atoms with Crippen molar-refractivity contribution in [1.82, 2.24) is 5.32 Å². The first-order valence-corrected chi connectivity index (χ1v) is 5.41. The van der Waals surface area contributed by atoms with Crippen LogP contribution in [0.15, 0.2) is 0 Å². The molecular formula is C10H18F3NO. The second kappa shape index (κ2) is 4.70. The normalized spacial score (nSPS) is 33.0. The zero-order valence-electron chi connectivity index (χ0n) is 8.90. The maximum absolute atomic E-state index is 12.4. The first-order chi connectivity index (χ1) is 6.89. The van der Waals surface area contributed by atoms with Gasteiger partial charge in [-0.15, -0.1) is 0 Å². The fourth-order valence-electron chi connectivity index (χ4n) is 1.93. The molecule has 2 N–H and O–H groups in total. The van der Waals surface area contributed by atoms with Crippen molar-refractivity contribution in [2.75, 3.05) is 6.54 Å². The number of rotatable bonds is 3. The Morgan fingerprint density at radius 1 is 1.33 bits per heavy atom. The molecule has 1 rings (SSSR count). The molecule has 0 heterocycles. The molecule has 2 nitrogen and oxygen atoms in total. The van der Waals surface area contributed by atoms with Crippen LogP contribution in [0.4, 0.5) is 13.2 Å². The molecule has 0 aromatic heterocycles. The molecule has 1 fully saturated rings. The highest BCUT2D eigenvalue weighted by Gasteiger charge is 2.54. The molecule has 0 unspecified atom stereocenters. The summed E-state index contributed by atoms with van der Waals surface area (Å²) in [6, 6.07) is 0.132. The van der Waals surface area contributed by atoms with Crippen LogP contribution in [0.25, 0.3) is 0 Å². The van der Waals surface area contributed by atoms with Crippen LogP contribution >= 0.6 is 0 Å². The molecule has 0 spiro atoms. The SMILES string of the molecule is CCCN[C@H]1CC[C@@](O)(C(F)(F)F)CC1. The van der Waals surface area contributed by atoms with Gasteiger partial charge in [0.15, 0.2) is 5.60 Å². The molecule has 90 valence electrons. The Morgan fingerprint density at radius 2 is 1.87 bits per heavy atom. The predicted molar refractivity (Wildman–Crippen MR) is 51.6 cm³/mol. The van der Waals surface area contributed by atoms with Crippen molar-refractivity contribution in [3.63, 3.8) is 0 Å². The van der Waals surface area contributed by atoms with Crippen molar-refractivity contribution < 1.29 is 18.3 Å². The molecule has 0 aromatic carbocycles. The minimum Gasteiger partial charge on any atom is -0.380 e. The fourth-order valence-corrected chi connectivity index (χ4v) is 1.93. The third kappa shape index (κ3) is 3.08. The average Bonchev–Trinajstić information content (AvgIpc) is 2.15. The molecule has 0 bridgehead atoms. The van der Waals surface area contributed by atoms with Crippen molar-refractivity contribution in [1.29, 1.82) is 0 Å². The molecular weight excluding hydrogens is 207 g/mol. The first-order valence-electron chi connectivity index (χ1n) is 5.41. The lowest BCUT2D eigenvalue weighted by Crippen LogP contribution is -2.50. The number of nitrogens with one attached hydrogen (secondary N) is 1. The first kappa shape index (κ1) is 12.8. The number of alkyl halides is 3. The van der Waals surface area contributed by atoms with E-state index in [0.717, 1.165) is 13.0 Å². The summed E-state index contributed by atoms with van der Waals surface area (Å²) in [5.41, 5.74) is -2.45. The molecule has 0 aliphatic heterocycles. The summed E-state index contributed by atoms with van der Waals surface area (Å²) in [5, 5.41) is 12.6. The maximum atomic E-state index is 12.4. The monoisotopic (exact) mass is 225 g/mol. The van der Waals surface area contributed by atoms with Gasteiger partial charge in [-0.1, -0.05) is 6.92 Å². The van der Waals surface area contributed by atoms with E-state index in [4.69, 9.17) is 0 Å². The summed E-state index contributed by atoms with van der Waals surface area (Å²) < 4.78 is 37.3. The van der Waals surface area contributed by atoms with Gasteiger partial charge in [-0.05, 0) is 38.6 Å². The third-order valence-electron chi connectivity index (χ3n) is 3.02. The molecule has 1 aliphatic rings. The van der Waals surface area contributed by atoms with E-state index in [9.17, 15) is 18.3 Å². The van der Waals surface area contributed by atoms with Gasteiger partial charge in [-0.25, -0.2) is 0 Å². The Labute approximate surface area is 87.9 Å². The van der Waals surface area contributed by atoms with E-state index in [1.54, 1.807) is 0 Å². The molecule has 0 amide bonds. The highest BCUT2D eigenvalue weighted by molar-refractivity contribution is 4.93. The van der Waals surface area contributed by atoms with Crippen LogP contribution < -0.4 is 5.32 Å². The lowest BCUT2D eigenvalue weighted by atomic mass is 9.81. The number of halogens is 3. The van der Waals surface area contributed by atoms with Crippen LogP contribution in [0.3, 0.4) is 0 Å². The van der Waals surface area contributed by atoms with Crippen LogP contribution in [0.5, 0.6) is 0 Å². The summed E-state index contributed by atoms with van der Waals surface area (Å²) in [7, 11) is 0. The van der Waals surface area contributed by atoms with Crippen LogP contribution in [0.2, 0.25) is 0 Å². The van der Waals surface area contributed by atoms with Crippen molar-refractivity contribution in [2.45, 2.75) is 56.8 Å². The minimum atomic E-state index is -4.48. The summed E-state index contributed by atoms with van der Waals surface area (Å²) in [6.45, 7) is 2.84. The highest BCUT2D eigenvalue weighted by Crippen LogP contribution is 2.41. The Kier molecular flexibility index (Phi) is 4.00. The van der Waals surface area contributed by atoms with Gasteiger partial charge in [-0.2, -0.15) is 13.2 Å². The van der Waals surface area contributed by atoms with E-state index in [1.165, 1.54) is 0 Å². The lowest BCUT2D eigenvalue weighted by molar-refractivity contribution is -0.270. The van der Waals surface area contributed by atoms with Crippen molar-refractivity contribution in [2.24, 2.45) is 0 Å². The van der Waals surface area contributed by atoms with E-state index < -0.39 is 11.8 Å². The largest absolute Gasteiger partial charge is 0.417 e. The van der Waals surface area contributed by atoms with Crippen molar-refractivity contribution >= 4 is 0 Å². The van der Waals surface area contributed by atoms with E-state index in [0.29, 0.717) is 12.8 Å². The summed E-state index contributed by atoms with van der Waals surface area (Å²) in [4.78, 5) is 0. The standard InChI is InChI=1S/C10H18F3NO/c1-2-7-14-8-3-5-9(15,6-4-8)10(11,12)13/h8,14-15H,2-7H2,1H3/t8-,9-. The molecule has 1 aliphatic carbocycles. The molecule has 0 saturated heterocycles. The van der Waals surface area contributed by atoms with E-state index in [1.807, 2.05) is 6.92 Å². The summed E-state index contributed by atoms with van der Waals surface area (Å²) >= 11 is 0. The molecule has 1 saturated carbocycles. The van der Waals surface area contributed by atoms with Gasteiger partial charge in [0.1, 0.15) is 0 Å². The average molecular weight is 225 g/mol. The zero-order chi connectivity index (χ0) is 11.5.